The highest BCUT2D eigenvalue weighted by Crippen LogP contribution is 2.21. The lowest BCUT2D eigenvalue weighted by atomic mass is 9.95. The number of hydrogen-bond acceptors (Lipinski definition) is 4. The Balaban J connectivity index is 1.65. The van der Waals surface area contributed by atoms with E-state index < -0.39 is 5.60 Å². The van der Waals surface area contributed by atoms with Crippen LogP contribution in [0.3, 0.4) is 0 Å². The maximum Gasteiger partial charge on any atom is 0.407 e. The number of amides is 3. The number of hydrogen-bond donors (Lipinski definition) is 1. The third-order valence-electron chi connectivity index (χ3n) is 5.09. The molecular weight excluding hydrogens is 332 g/mol. The van der Waals surface area contributed by atoms with Gasteiger partial charge in [-0.2, -0.15) is 0 Å². The van der Waals surface area contributed by atoms with Crippen molar-refractivity contribution in [1.82, 2.24) is 20.0 Å². The number of urea groups is 1. The summed E-state index contributed by atoms with van der Waals surface area (Å²) >= 11 is 0. The third-order valence-corrected chi connectivity index (χ3v) is 5.09. The Bertz CT molecular complexity index is 474. The second-order valence-corrected chi connectivity index (χ2v) is 8.83. The van der Waals surface area contributed by atoms with Gasteiger partial charge in [0.1, 0.15) is 5.60 Å². The van der Waals surface area contributed by atoms with Crippen molar-refractivity contribution in [3.8, 4) is 0 Å². The molecule has 2 saturated heterocycles. The van der Waals surface area contributed by atoms with E-state index in [1.807, 2.05) is 39.8 Å². The molecule has 0 saturated carbocycles. The number of piperidine rings is 2. The molecule has 26 heavy (non-hydrogen) atoms. The summed E-state index contributed by atoms with van der Waals surface area (Å²) in [6.07, 6.45) is 3.79. The van der Waals surface area contributed by atoms with Gasteiger partial charge in [0, 0.05) is 52.9 Å². The maximum atomic E-state index is 12.0. The summed E-state index contributed by atoms with van der Waals surface area (Å²) in [6, 6.07) is 0.332. The lowest BCUT2D eigenvalue weighted by Gasteiger charge is -2.38. The summed E-state index contributed by atoms with van der Waals surface area (Å²) in [4.78, 5) is 30.0. The van der Waals surface area contributed by atoms with Crippen LogP contribution in [-0.4, -0.2) is 85.3 Å². The Kier molecular flexibility index (Phi) is 7.15. The van der Waals surface area contributed by atoms with Gasteiger partial charge >= 0.3 is 12.1 Å². The quantitative estimate of drug-likeness (QED) is 0.831. The van der Waals surface area contributed by atoms with Crippen LogP contribution in [0.4, 0.5) is 9.59 Å². The number of nitrogens with one attached hydrogen (secondary N) is 1. The molecule has 2 fully saturated rings. The Labute approximate surface area is 158 Å². The van der Waals surface area contributed by atoms with Gasteiger partial charge in [0.05, 0.1) is 0 Å². The molecular formula is C19H36N4O3. The van der Waals surface area contributed by atoms with E-state index >= 15 is 0 Å². The minimum atomic E-state index is -0.451. The molecule has 3 amide bonds. The Hall–Kier alpha value is -1.50. The van der Waals surface area contributed by atoms with Crippen LogP contribution >= 0.6 is 0 Å². The molecule has 0 aromatic carbocycles. The molecule has 0 spiro atoms. The van der Waals surface area contributed by atoms with Gasteiger partial charge in [-0.05, 0) is 52.4 Å². The van der Waals surface area contributed by atoms with Crippen molar-refractivity contribution < 1.29 is 14.3 Å². The fourth-order valence-electron chi connectivity index (χ4n) is 3.69. The minimum absolute atomic E-state index is 0.123. The summed E-state index contributed by atoms with van der Waals surface area (Å²) in [7, 11) is 3.62. The second kappa shape index (κ2) is 8.93. The van der Waals surface area contributed by atoms with E-state index in [1.165, 1.54) is 0 Å². The highest BCUT2D eigenvalue weighted by Gasteiger charge is 2.28. The second-order valence-electron chi connectivity index (χ2n) is 8.83. The van der Waals surface area contributed by atoms with Crippen LogP contribution in [0.1, 0.15) is 46.5 Å². The summed E-state index contributed by atoms with van der Waals surface area (Å²) in [5.41, 5.74) is -0.451. The van der Waals surface area contributed by atoms with E-state index in [0.29, 0.717) is 5.92 Å². The monoisotopic (exact) mass is 368 g/mol. The molecule has 0 bridgehead atoms. The van der Waals surface area contributed by atoms with E-state index in [9.17, 15) is 9.59 Å². The van der Waals surface area contributed by atoms with Gasteiger partial charge in [0.15, 0.2) is 0 Å². The van der Waals surface area contributed by atoms with Gasteiger partial charge in [-0.25, -0.2) is 9.59 Å². The first-order valence-corrected chi connectivity index (χ1v) is 9.82. The standard InChI is InChI=1S/C19H36N4O3/c1-19(2,3)26-17(24)20-16-8-10-22(11-9-16)14-15-6-12-23(13-7-15)18(25)21(4)5/h15-16H,6-14H2,1-5H3,(H,20,24). The summed E-state index contributed by atoms with van der Waals surface area (Å²) in [5, 5.41) is 2.99. The fraction of sp³-hybridized carbons (Fsp3) is 0.895. The molecule has 1 N–H and O–H groups in total. The topological polar surface area (TPSA) is 65.1 Å². The van der Waals surface area contributed by atoms with Crippen molar-refractivity contribution >= 4 is 12.1 Å². The van der Waals surface area contributed by atoms with Crippen LogP contribution in [0.25, 0.3) is 0 Å². The molecule has 7 heteroatoms. The Morgan fingerprint density at radius 1 is 1.04 bits per heavy atom. The smallest absolute Gasteiger partial charge is 0.407 e. The van der Waals surface area contributed by atoms with Crippen LogP contribution in [0.2, 0.25) is 0 Å². The van der Waals surface area contributed by atoms with Gasteiger partial charge in [0.2, 0.25) is 0 Å². The average molecular weight is 369 g/mol. The van der Waals surface area contributed by atoms with E-state index in [4.69, 9.17) is 4.74 Å². The van der Waals surface area contributed by atoms with Crippen molar-refractivity contribution in [1.29, 1.82) is 0 Å². The molecule has 0 aliphatic carbocycles. The number of carbonyl (C=O) groups excluding carboxylic acids is 2. The van der Waals surface area contributed by atoms with Gasteiger partial charge in [0.25, 0.3) is 0 Å². The normalized spacial score (nSPS) is 20.7. The number of ether oxygens (including phenoxy) is 1. The zero-order valence-electron chi connectivity index (χ0n) is 17.1. The molecule has 7 nitrogen and oxygen atoms in total. The number of rotatable bonds is 3. The van der Waals surface area contributed by atoms with Crippen LogP contribution in [-0.2, 0) is 4.74 Å². The maximum absolute atomic E-state index is 12.0. The lowest BCUT2D eigenvalue weighted by Crippen LogP contribution is -2.48. The predicted molar refractivity (Wildman–Crippen MR) is 102 cm³/mol. The molecule has 0 aromatic rings. The number of nitrogens with zero attached hydrogens (tertiary/aromatic N) is 3. The lowest BCUT2D eigenvalue weighted by molar-refractivity contribution is 0.0471. The van der Waals surface area contributed by atoms with Gasteiger partial charge in [-0.15, -0.1) is 0 Å². The summed E-state index contributed by atoms with van der Waals surface area (Å²) < 4.78 is 5.34. The van der Waals surface area contributed by atoms with Crippen molar-refractivity contribution in [2.75, 3.05) is 46.8 Å². The molecule has 2 aliphatic rings. The molecule has 0 radical (unpaired) electrons. The van der Waals surface area contributed by atoms with Crippen molar-refractivity contribution in [2.45, 2.75) is 58.1 Å². The molecule has 150 valence electrons. The van der Waals surface area contributed by atoms with E-state index in [-0.39, 0.29) is 18.2 Å². The van der Waals surface area contributed by atoms with Crippen molar-refractivity contribution in [3.63, 3.8) is 0 Å². The Morgan fingerprint density at radius 2 is 1.62 bits per heavy atom. The van der Waals surface area contributed by atoms with Crippen LogP contribution in [0.15, 0.2) is 0 Å². The summed E-state index contributed by atoms with van der Waals surface area (Å²) in [6.45, 7) is 10.5. The molecule has 0 unspecified atom stereocenters. The molecule has 0 atom stereocenters. The van der Waals surface area contributed by atoms with Gasteiger partial charge in [-0.1, -0.05) is 0 Å². The SMILES string of the molecule is CN(C)C(=O)N1CCC(CN2CCC(NC(=O)OC(C)(C)C)CC2)CC1. The van der Waals surface area contributed by atoms with Gasteiger partial charge in [-0.3, -0.25) is 0 Å². The highest BCUT2D eigenvalue weighted by atomic mass is 16.6. The predicted octanol–water partition coefficient (Wildman–Crippen LogP) is 2.37. The van der Waals surface area contributed by atoms with Gasteiger partial charge < -0.3 is 24.8 Å². The van der Waals surface area contributed by atoms with Crippen LogP contribution < -0.4 is 5.32 Å². The first-order chi connectivity index (χ1) is 12.1. The summed E-state index contributed by atoms with van der Waals surface area (Å²) in [5.74, 6) is 0.663. The van der Waals surface area contributed by atoms with Crippen molar-refractivity contribution in [2.24, 2.45) is 5.92 Å². The first kappa shape index (κ1) is 20.8. The van der Waals surface area contributed by atoms with Crippen LogP contribution in [0, 0.1) is 5.92 Å². The fourth-order valence-corrected chi connectivity index (χ4v) is 3.69. The molecule has 2 aliphatic heterocycles. The van der Waals surface area contributed by atoms with E-state index in [0.717, 1.165) is 58.4 Å². The number of alkyl carbamates (subject to hydrolysis) is 1. The minimum Gasteiger partial charge on any atom is -0.444 e. The zero-order chi connectivity index (χ0) is 19.3. The molecule has 2 rings (SSSR count). The third kappa shape index (κ3) is 6.67. The first-order valence-electron chi connectivity index (χ1n) is 9.82. The van der Waals surface area contributed by atoms with Crippen molar-refractivity contribution in [3.05, 3.63) is 0 Å². The zero-order valence-corrected chi connectivity index (χ0v) is 17.1. The van der Waals surface area contributed by atoms with E-state index in [1.54, 1.807) is 4.90 Å². The van der Waals surface area contributed by atoms with E-state index in [2.05, 4.69) is 10.2 Å². The highest BCUT2D eigenvalue weighted by molar-refractivity contribution is 5.73. The van der Waals surface area contributed by atoms with Crippen LogP contribution in [0.5, 0.6) is 0 Å². The average Bonchev–Trinajstić information content (AvgIpc) is 2.55. The number of likely N-dealkylation sites (tertiary alicyclic amines) is 2. The Morgan fingerprint density at radius 3 is 2.12 bits per heavy atom. The molecule has 2 heterocycles. The number of carbonyl (C=O) groups is 2. The largest absolute Gasteiger partial charge is 0.444 e. The molecule has 0 aromatic heterocycles.